The molecule has 76 valence electrons. The lowest BCUT2D eigenvalue weighted by molar-refractivity contribution is -0.108. The smallest absolute Gasteiger partial charge is 0.121 e. The summed E-state index contributed by atoms with van der Waals surface area (Å²) in [6.45, 7) is 2.19. The van der Waals surface area contributed by atoms with Crippen LogP contribution >= 0.6 is 11.8 Å². The highest BCUT2D eigenvalue weighted by atomic mass is 32.2. The van der Waals surface area contributed by atoms with Crippen molar-refractivity contribution in [3.63, 3.8) is 0 Å². The third kappa shape index (κ3) is 3.72. The average Bonchev–Trinajstić information content (AvgIpc) is 2.19. The Morgan fingerprint density at radius 3 is 2.62 bits per heavy atom. The van der Waals surface area contributed by atoms with Crippen molar-refractivity contribution in [1.29, 1.82) is 0 Å². The van der Waals surface area contributed by atoms with Crippen LogP contribution in [-0.4, -0.2) is 17.3 Å². The third-order valence-electron chi connectivity index (χ3n) is 2.88. The van der Waals surface area contributed by atoms with E-state index in [1.165, 1.54) is 32.1 Å². The second-order valence-electron chi connectivity index (χ2n) is 3.79. The van der Waals surface area contributed by atoms with E-state index in [9.17, 15) is 4.79 Å². The number of carbonyl (C=O) groups is 1. The third-order valence-corrected chi connectivity index (χ3v) is 4.22. The molecule has 0 aliphatic heterocycles. The van der Waals surface area contributed by atoms with E-state index < -0.39 is 0 Å². The number of rotatable bonds is 5. The van der Waals surface area contributed by atoms with Gasteiger partial charge in [0.05, 0.1) is 0 Å². The molecule has 1 fully saturated rings. The molecule has 0 N–H and O–H groups in total. The highest BCUT2D eigenvalue weighted by molar-refractivity contribution is 7.99. The van der Waals surface area contributed by atoms with Gasteiger partial charge in [-0.2, -0.15) is 11.8 Å². The monoisotopic (exact) mass is 200 g/mol. The number of hydrogen-bond donors (Lipinski definition) is 0. The molecule has 0 bridgehead atoms. The van der Waals surface area contributed by atoms with Crippen LogP contribution in [0.4, 0.5) is 0 Å². The largest absolute Gasteiger partial charge is 0.303 e. The lowest BCUT2D eigenvalue weighted by atomic mass is 9.86. The van der Waals surface area contributed by atoms with Gasteiger partial charge in [0.2, 0.25) is 0 Å². The molecule has 0 heterocycles. The summed E-state index contributed by atoms with van der Waals surface area (Å²) in [5.74, 6) is 1.97. The Hall–Kier alpha value is 0.0200. The van der Waals surface area contributed by atoms with Gasteiger partial charge in [-0.25, -0.2) is 0 Å². The van der Waals surface area contributed by atoms with Gasteiger partial charge in [0.25, 0.3) is 0 Å². The van der Waals surface area contributed by atoms with Crippen LogP contribution in [-0.2, 0) is 4.79 Å². The summed E-state index contributed by atoms with van der Waals surface area (Å²) in [7, 11) is 0. The van der Waals surface area contributed by atoms with E-state index >= 15 is 0 Å². The number of thioether (sulfide) groups is 1. The number of aldehydes is 1. The second-order valence-corrected chi connectivity index (χ2v) is 5.31. The molecule has 0 saturated heterocycles. The Balaban J connectivity index is 2.36. The Labute approximate surface area is 85.7 Å². The van der Waals surface area contributed by atoms with Crippen molar-refractivity contribution in [2.24, 2.45) is 5.92 Å². The molecule has 1 rings (SSSR count). The molecule has 1 atom stereocenters. The zero-order chi connectivity index (χ0) is 9.52. The van der Waals surface area contributed by atoms with Crippen molar-refractivity contribution in [1.82, 2.24) is 0 Å². The topological polar surface area (TPSA) is 17.1 Å². The fourth-order valence-corrected chi connectivity index (χ4v) is 3.40. The van der Waals surface area contributed by atoms with Gasteiger partial charge >= 0.3 is 0 Å². The molecule has 0 aromatic rings. The first kappa shape index (κ1) is 11.1. The summed E-state index contributed by atoms with van der Waals surface area (Å²) < 4.78 is 0. The van der Waals surface area contributed by atoms with E-state index in [0.29, 0.717) is 5.25 Å². The molecule has 0 aromatic heterocycles. The summed E-state index contributed by atoms with van der Waals surface area (Å²) in [5, 5.41) is 0.614. The average molecular weight is 200 g/mol. The molecule has 1 aliphatic carbocycles. The molecule has 0 amide bonds. The van der Waals surface area contributed by atoms with Gasteiger partial charge < -0.3 is 4.79 Å². The lowest BCUT2D eigenvalue weighted by Crippen LogP contribution is -2.21. The van der Waals surface area contributed by atoms with Crippen LogP contribution in [0.5, 0.6) is 0 Å². The molecule has 1 aliphatic rings. The molecule has 2 heteroatoms. The standard InChI is InChI=1S/C11H20OS/c1-2-13-11(8-9-12)10-6-4-3-5-7-10/h9-11H,2-8H2,1H3. The highest BCUT2D eigenvalue weighted by Crippen LogP contribution is 2.33. The van der Waals surface area contributed by atoms with Gasteiger partial charge in [-0.15, -0.1) is 0 Å². The van der Waals surface area contributed by atoms with E-state index in [1.807, 2.05) is 11.8 Å². The first-order chi connectivity index (χ1) is 6.38. The Morgan fingerprint density at radius 2 is 2.08 bits per heavy atom. The maximum absolute atomic E-state index is 10.5. The van der Waals surface area contributed by atoms with Crippen LogP contribution in [0, 0.1) is 5.92 Å². The highest BCUT2D eigenvalue weighted by Gasteiger charge is 2.22. The normalized spacial score (nSPS) is 21.3. The van der Waals surface area contributed by atoms with Gasteiger partial charge in [0, 0.05) is 11.7 Å². The maximum Gasteiger partial charge on any atom is 0.121 e. The van der Waals surface area contributed by atoms with Crippen molar-refractivity contribution < 1.29 is 4.79 Å². The molecular formula is C11H20OS. The van der Waals surface area contributed by atoms with Crippen LogP contribution in [0.3, 0.4) is 0 Å². The summed E-state index contributed by atoms with van der Waals surface area (Å²) in [6.07, 6.45) is 8.73. The van der Waals surface area contributed by atoms with E-state index in [4.69, 9.17) is 0 Å². The zero-order valence-electron chi connectivity index (χ0n) is 8.50. The maximum atomic E-state index is 10.5. The molecule has 0 radical (unpaired) electrons. The predicted octanol–water partition coefficient (Wildman–Crippen LogP) is 3.28. The van der Waals surface area contributed by atoms with Gasteiger partial charge in [-0.05, 0) is 24.5 Å². The van der Waals surface area contributed by atoms with Gasteiger partial charge in [-0.3, -0.25) is 0 Å². The van der Waals surface area contributed by atoms with Crippen LogP contribution in [0.15, 0.2) is 0 Å². The lowest BCUT2D eigenvalue weighted by Gasteiger charge is -2.28. The molecule has 13 heavy (non-hydrogen) atoms. The fraction of sp³-hybridized carbons (Fsp3) is 0.909. The Morgan fingerprint density at radius 1 is 1.38 bits per heavy atom. The van der Waals surface area contributed by atoms with Gasteiger partial charge in [0.15, 0.2) is 0 Å². The first-order valence-corrected chi connectivity index (χ1v) is 6.48. The number of carbonyl (C=O) groups excluding carboxylic acids is 1. The van der Waals surface area contributed by atoms with E-state index in [2.05, 4.69) is 6.92 Å². The van der Waals surface area contributed by atoms with Crippen LogP contribution in [0.1, 0.15) is 45.4 Å². The predicted molar refractivity (Wildman–Crippen MR) is 59.2 cm³/mol. The molecule has 0 spiro atoms. The SMILES string of the molecule is CCSC(CC=O)C1CCCCC1. The molecule has 0 aromatic carbocycles. The van der Waals surface area contributed by atoms with Crippen LogP contribution in [0.25, 0.3) is 0 Å². The van der Waals surface area contributed by atoms with Crippen molar-refractivity contribution in [2.75, 3.05) is 5.75 Å². The minimum absolute atomic E-state index is 0.614. The summed E-state index contributed by atoms with van der Waals surface area (Å²) in [5.41, 5.74) is 0. The van der Waals surface area contributed by atoms with Crippen molar-refractivity contribution in [3.05, 3.63) is 0 Å². The number of hydrogen-bond acceptors (Lipinski definition) is 2. The quantitative estimate of drug-likeness (QED) is 0.634. The molecule has 1 saturated carbocycles. The molecule has 1 unspecified atom stereocenters. The summed E-state index contributed by atoms with van der Waals surface area (Å²) >= 11 is 1.98. The van der Waals surface area contributed by atoms with Gasteiger partial charge in [0.1, 0.15) is 6.29 Å². The van der Waals surface area contributed by atoms with Crippen LogP contribution in [0.2, 0.25) is 0 Å². The first-order valence-electron chi connectivity index (χ1n) is 5.43. The van der Waals surface area contributed by atoms with E-state index in [1.54, 1.807) is 0 Å². The van der Waals surface area contributed by atoms with Crippen molar-refractivity contribution in [3.8, 4) is 0 Å². The zero-order valence-corrected chi connectivity index (χ0v) is 9.31. The Bertz CT molecular complexity index is 141. The Kier molecular flexibility index (Phi) is 5.52. The van der Waals surface area contributed by atoms with E-state index in [-0.39, 0.29) is 0 Å². The summed E-state index contributed by atoms with van der Waals surface area (Å²) in [4.78, 5) is 10.5. The van der Waals surface area contributed by atoms with Crippen LogP contribution < -0.4 is 0 Å². The van der Waals surface area contributed by atoms with Gasteiger partial charge in [-0.1, -0.05) is 26.2 Å². The molecular weight excluding hydrogens is 180 g/mol. The van der Waals surface area contributed by atoms with Crippen molar-refractivity contribution >= 4 is 18.0 Å². The second kappa shape index (κ2) is 6.47. The van der Waals surface area contributed by atoms with E-state index in [0.717, 1.165) is 24.4 Å². The van der Waals surface area contributed by atoms with Crippen molar-refractivity contribution in [2.45, 2.75) is 50.7 Å². The minimum atomic E-state index is 0.614. The fourth-order valence-electron chi connectivity index (χ4n) is 2.21. The summed E-state index contributed by atoms with van der Waals surface area (Å²) in [6, 6.07) is 0. The molecule has 1 nitrogen and oxygen atoms in total. The minimum Gasteiger partial charge on any atom is -0.303 e.